The molecule has 3 N–H and O–H groups in total. The minimum absolute atomic E-state index is 0.0285. The SMILES string of the molecule is COc1cc([N+](=O)[O-])c(CCCN)c([N+](=O)[O-])c1O. The maximum absolute atomic E-state index is 11.0. The molecular weight excluding hydrogens is 258 g/mol. The van der Waals surface area contributed by atoms with E-state index in [1.165, 1.54) is 0 Å². The Balaban J connectivity index is 3.57. The molecule has 1 aromatic rings. The molecule has 0 spiro atoms. The predicted octanol–water partition coefficient (Wildman–Crippen LogP) is 1.11. The van der Waals surface area contributed by atoms with Crippen molar-refractivity contribution < 1.29 is 19.7 Å². The maximum Gasteiger partial charge on any atom is 0.324 e. The molecule has 0 bridgehead atoms. The zero-order valence-electron chi connectivity index (χ0n) is 10.2. The van der Waals surface area contributed by atoms with Crippen LogP contribution in [0.25, 0.3) is 0 Å². The highest BCUT2D eigenvalue weighted by Crippen LogP contribution is 2.44. The first-order chi connectivity index (χ1) is 8.93. The van der Waals surface area contributed by atoms with Gasteiger partial charge in [0.1, 0.15) is 5.56 Å². The number of nitrogens with zero attached hydrogens (tertiary/aromatic N) is 2. The summed E-state index contributed by atoms with van der Waals surface area (Å²) >= 11 is 0. The topological polar surface area (TPSA) is 142 Å². The van der Waals surface area contributed by atoms with Gasteiger partial charge in [-0.05, 0) is 19.4 Å². The lowest BCUT2D eigenvalue weighted by molar-refractivity contribution is -0.396. The van der Waals surface area contributed by atoms with Crippen molar-refractivity contribution in [1.29, 1.82) is 0 Å². The number of rotatable bonds is 6. The zero-order chi connectivity index (χ0) is 14.6. The lowest BCUT2D eigenvalue weighted by Gasteiger charge is -2.08. The van der Waals surface area contributed by atoms with Gasteiger partial charge in [0.2, 0.25) is 5.75 Å². The summed E-state index contributed by atoms with van der Waals surface area (Å²) in [5.74, 6) is -1.03. The lowest BCUT2D eigenvalue weighted by atomic mass is 10.0. The van der Waals surface area contributed by atoms with Crippen LogP contribution in [0.2, 0.25) is 0 Å². The van der Waals surface area contributed by atoms with Crippen LogP contribution in [0.1, 0.15) is 12.0 Å². The number of nitrogens with two attached hydrogens (primary N) is 1. The highest BCUT2D eigenvalue weighted by molar-refractivity contribution is 5.67. The average molecular weight is 271 g/mol. The van der Waals surface area contributed by atoms with E-state index in [1.54, 1.807) is 0 Å². The van der Waals surface area contributed by atoms with Crippen LogP contribution in [0.3, 0.4) is 0 Å². The Morgan fingerprint density at radius 3 is 2.42 bits per heavy atom. The number of benzene rings is 1. The van der Waals surface area contributed by atoms with E-state index in [1.807, 2.05) is 0 Å². The standard InChI is InChI=1S/C10H13N3O6/c1-19-8-5-7(12(15)16)6(3-2-4-11)9(10(8)14)13(17)18/h5,14H,2-4,11H2,1H3. The predicted molar refractivity (Wildman–Crippen MR) is 65.3 cm³/mol. The number of ether oxygens (including phenoxy) is 1. The molecular formula is C10H13N3O6. The van der Waals surface area contributed by atoms with Gasteiger partial charge in [0.05, 0.1) is 23.0 Å². The first-order valence-corrected chi connectivity index (χ1v) is 5.35. The summed E-state index contributed by atoms with van der Waals surface area (Å²) in [6.45, 7) is 0.223. The summed E-state index contributed by atoms with van der Waals surface area (Å²) in [6, 6.07) is 0.966. The fourth-order valence-corrected chi connectivity index (χ4v) is 1.70. The van der Waals surface area contributed by atoms with Crippen LogP contribution in [0, 0.1) is 20.2 Å². The molecule has 0 heterocycles. The second-order valence-electron chi connectivity index (χ2n) is 3.68. The molecule has 0 aliphatic rings. The van der Waals surface area contributed by atoms with E-state index < -0.39 is 27.0 Å². The smallest absolute Gasteiger partial charge is 0.324 e. The minimum atomic E-state index is -0.864. The van der Waals surface area contributed by atoms with Crippen molar-refractivity contribution >= 4 is 11.4 Å². The van der Waals surface area contributed by atoms with Gasteiger partial charge in [-0.3, -0.25) is 20.2 Å². The number of phenolic OH excluding ortho intramolecular Hbond substituents is 1. The largest absolute Gasteiger partial charge is 0.500 e. The maximum atomic E-state index is 11.0. The molecule has 0 unspecified atom stereocenters. The van der Waals surface area contributed by atoms with Crippen molar-refractivity contribution in [3.05, 3.63) is 31.9 Å². The fourth-order valence-electron chi connectivity index (χ4n) is 1.70. The number of phenols is 1. The Labute approximate surface area is 107 Å². The number of hydrogen-bond acceptors (Lipinski definition) is 7. The molecule has 0 atom stereocenters. The van der Waals surface area contributed by atoms with E-state index in [0.29, 0.717) is 6.42 Å². The molecule has 0 fully saturated rings. The summed E-state index contributed by atoms with van der Waals surface area (Å²) in [5.41, 5.74) is 3.97. The highest BCUT2D eigenvalue weighted by Gasteiger charge is 2.32. The van der Waals surface area contributed by atoms with E-state index in [0.717, 1.165) is 13.2 Å². The lowest BCUT2D eigenvalue weighted by Crippen LogP contribution is -2.06. The van der Waals surface area contributed by atoms with Gasteiger partial charge in [0, 0.05) is 0 Å². The molecule has 0 saturated heterocycles. The van der Waals surface area contributed by atoms with Gasteiger partial charge in [-0.25, -0.2) is 0 Å². The summed E-state index contributed by atoms with van der Waals surface area (Å²) in [4.78, 5) is 20.3. The van der Waals surface area contributed by atoms with Gasteiger partial charge in [0.15, 0.2) is 5.75 Å². The zero-order valence-corrected chi connectivity index (χ0v) is 10.2. The molecule has 19 heavy (non-hydrogen) atoms. The molecule has 0 amide bonds. The van der Waals surface area contributed by atoms with E-state index in [4.69, 9.17) is 10.5 Å². The van der Waals surface area contributed by atoms with Crippen LogP contribution >= 0.6 is 0 Å². The second-order valence-corrected chi connectivity index (χ2v) is 3.68. The Hall–Kier alpha value is -2.42. The summed E-state index contributed by atoms with van der Waals surface area (Å²) in [7, 11) is 1.15. The molecule has 0 aliphatic carbocycles. The van der Waals surface area contributed by atoms with Crippen molar-refractivity contribution in [1.82, 2.24) is 0 Å². The third-order valence-electron chi connectivity index (χ3n) is 2.55. The minimum Gasteiger partial charge on any atom is -0.500 e. The van der Waals surface area contributed by atoms with Gasteiger partial charge in [-0.15, -0.1) is 0 Å². The van der Waals surface area contributed by atoms with Crippen LogP contribution in [0.5, 0.6) is 11.5 Å². The first-order valence-electron chi connectivity index (χ1n) is 5.35. The molecule has 9 heteroatoms. The van der Waals surface area contributed by atoms with E-state index in [2.05, 4.69) is 0 Å². The normalized spacial score (nSPS) is 10.2. The summed E-state index contributed by atoms with van der Waals surface area (Å²) in [6.07, 6.45) is 0.355. The Kier molecular flexibility index (Phi) is 4.59. The number of methoxy groups -OCH3 is 1. The Morgan fingerprint density at radius 2 is 2.00 bits per heavy atom. The Bertz CT molecular complexity index is 516. The van der Waals surface area contributed by atoms with Crippen molar-refractivity contribution in [2.24, 2.45) is 5.73 Å². The third kappa shape index (κ3) is 2.88. The highest BCUT2D eigenvalue weighted by atomic mass is 16.6. The van der Waals surface area contributed by atoms with E-state index >= 15 is 0 Å². The van der Waals surface area contributed by atoms with Crippen molar-refractivity contribution in [3.8, 4) is 11.5 Å². The number of nitro groups is 2. The molecule has 0 aromatic heterocycles. The quantitative estimate of drug-likeness (QED) is 0.582. The molecule has 1 rings (SSSR count). The van der Waals surface area contributed by atoms with Crippen LogP contribution in [-0.2, 0) is 6.42 Å². The third-order valence-corrected chi connectivity index (χ3v) is 2.55. The molecule has 9 nitrogen and oxygen atoms in total. The van der Waals surface area contributed by atoms with E-state index in [-0.39, 0.29) is 24.3 Å². The van der Waals surface area contributed by atoms with Crippen LogP contribution in [0.4, 0.5) is 11.4 Å². The van der Waals surface area contributed by atoms with E-state index in [9.17, 15) is 25.3 Å². The van der Waals surface area contributed by atoms with Crippen molar-refractivity contribution in [2.45, 2.75) is 12.8 Å². The van der Waals surface area contributed by atoms with Crippen molar-refractivity contribution in [3.63, 3.8) is 0 Å². The fraction of sp³-hybridized carbons (Fsp3) is 0.400. The van der Waals surface area contributed by atoms with Gasteiger partial charge in [-0.1, -0.05) is 0 Å². The molecule has 0 saturated carbocycles. The Morgan fingerprint density at radius 1 is 1.37 bits per heavy atom. The van der Waals surface area contributed by atoms with Crippen LogP contribution < -0.4 is 10.5 Å². The second kappa shape index (κ2) is 5.96. The van der Waals surface area contributed by atoms with Gasteiger partial charge < -0.3 is 15.6 Å². The number of aromatic hydroxyl groups is 1. The molecule has 0 radical (unpaired) electrons. The van der Waals surface area contributed by atoms with Gasteiger partial charge >= 0.3 is 5.69 Å². The summed E-state index contributed by atoms with van der Waals surface area (Å²) < 4.78 is 4.70. The summed E-state index contributed by atoms with van der Waals surface area (Å²) in [5, 5.41) is 31.7. The van der Waals surface area contributed by atoms with Gasteiger partial charge in [-0.2, -0.15) is 0 Å². The molecule has 1 aromatic carbocycles. The monoisotopic (exact) mass is 271 g/mol. The number of hydrogen-bond donors (Lipinski definition) is 2. The first kappa shape index (κ1) is 14.6. The average Bonchev–Trinajstić information content (AvgIpc) is 2.35. The molecule has 0 aliphatic heterocycles. The van der Waals surface area contributed by atoms with Crippen molar-refractivity contribution in [2.75, 3.05) is 13.7 Å². The molecule has 104 valence electrons. The van der Waals surface area contributed by atoms with Crippen LogP contribution in [-0.4, -0.2) is 28.6 Å². The number of nitro benzene ring substituents is 2. The van der Waals surface area contributed by atoms with Crippen LogP contribution in [0.15, 0.2) is 6.07 Å². The van der Waals surface area contributed by atoms with Gasteiger partial charge in [0.25, 0.3) is 5.69 Å².